The lowest BCUT2D eigenvalue weighted by Crippen LogP contribution is -2.52. The van der Waals surface area contributed by atoms with Crippen molar-refractivity contribution in [3.63, 3.8) is 0 Å². The third-order valence-corrected chi connectivity index (χ3v) is 7.79. The number of nitrogens with one attached hydrogen (secondary N) is 1. The normalized spacial score (nSPS) is 20.6. The van der Waals surface area contributed by atoms with E-state index >= 15 is 0 Å². The summed E-state index contributed by atoms with van der Waals surface area (Å²) < 4.78 is 2.16. The number of benzene rings is 2. The Hall–Kier alpha value is -3.81. The number of imidazole rings is 1. The zero-order valence-electron chi connectivity index (χ0n) is 20.1. The van der Waals surface area contributed by atoms with E-state index < -0.39 is 0 Å². The van der Waals surface area contributed by atoms with Crippen molar-refractivity contribution >= 4 is 22.2 Å². The van der Waals surface area contributed by atoms with Crippen molar-refractivity contribution in [3.8, 4) is 22.5 Å². The standard InChI is InChI=1S/C29H29N7/c30-28-27-26(21-7-6-20-8-9-24(33-25(20)18-21)19-4-2-1-3-5-19)34-29(36(27)15-12-32-28)22-16-23(17-22)35-13-10-31-11-14-35/h1-9,12,15,18,22-23,31H,10-11,13-14,16-17H2,(H2,30,32)/t22-,23+. The number of nitrogens with two attached hydrogens (primary N) is 1. The Balaban J connectivity index is 1.27. The van der Waals surface area contributed by atoms with Crippen LogP contribution >= 0.6 is 0 Å². The van der Waals surface area contributed by atoms with Gasteiger partial charge in [-0.25, -0.2) is 15.0 Å². The van der Waals surface area contributed by atoms with Crippen LogP contribution in [-0.2, 0) is 0 Å². The highest BCUT2D eigenvalue weighted by molar-refractivity contribution is 5.91. The Bertz CT molecular complexity index is 1550. The lowest BCUT2D eigenvalue weighted by atomic mass is 9.78. The van der Waals surface area contributed by atoms with Gasteiger partial charge < -0.3 is 11.1 Å². The molecule has 3 N–H and O–H groups in total. The summed E-state index contributed by atoms with van der Waals surface area (Å²) in [5, 5.41) is 4.56. The van der Waals surface area contributed by atoms with E-state index in [1.807, 2.05) is 24.4 Å². The minimum atomic E-state index is 0.427. The predicted molar refractivity (Wildman–Crippen MR) is 144 cm³/mol. The predicted octanol–water partition coefficient (Wildman–Crippen LogP) is 4.34. The number of piperazine rings is 1. The van der Waals surface area contributed by atoms with Crippen LogP contribution in [0.2, 0.25) is 0 Å². The maximum Gasteiger partial charge on any atom is 0.150 e. The van der Waals surface area contributed by atoms with E-state index in [-0.39, 0.29) is 0 Å². The lowest BCUT2D eigenvalue weighted by molar-refractivity contribution is 0.0928. The highest BCUT2D eigenvalue weighted by atomic mass is 15.2. The Morgan fingerprint density at radius 2 is 1.69 bits per heavy atom. The first kappa shape index (κ1) is 21.5. The Morgan fingerprint density at radius 1 is 0.889 bits per heavy atom. The van der Waals surface area contributed by atoms with Gasteiger partial charge in [-0.1, -0.05) is 48.5 Å². The van der Waals surface area contributed by atoms with Crippen molar-refractivity contribution in [1.82, 2.24) is 29.6 Å². The first-order valence-corrected chi connectivity index (χ1v) is 12.8. The third kappa shape index (κ3) is 3.63. The van der Waals surface area contributed by atoms with E-state index in [1.54, 1.807) is 6.20 Å². The molecule has 0 bridgehead atoms. The van der Waals surface area contributed by atoms with Crippen molar-refractivity contribution in [1.29, 1.82) is 0 Å². The average Bonchev–Trinajstić information content (AvgIpc) is 3.29. The largest absolute Gasteiger partial charge is 0.382 e. The zero-order chi connectivity index (χ0) is 24.1. The summed E-state index contributed by atoms with van der Waals surface area (Å²) in [6.45, 7) is 4.44. The van der Waals surface area contributed by atoms with Gasteiger partial charge in [0.1, 0.15) is 22.9 Å². The number of fused-ring (bicyclic) bond motifs is 2. The van der Waals surface area contributed by atoms with E-state index in [0.29, 0.717) is 17.8 Å². The number of pyridine rings is 1. The molecule has 1 saturated heterocycles. The molecule has 7 heteroatoms. The van der Waals surface area contributed by atoms with Gasteiger partial charge in [-0.15, -0.1) is 0 Å². The van der Waals surface area contributed by atoms with Gasteiger partial charge in [0.15, 0.2) is 0 Å². The first-order valence-electron chi connectivity index (χ1n) is 12.8. The molecular formula is C29H29N7. The van der Waals surface area contributed by atoms with Crippen LogP contribution in [0.3, 0.4) is 0 Å². The molecule has 1 saturated carbocycles. The summed E-state index contributed by atoms with van der Waals surface area (Å²) in [4.78, 5) is 17.2. The second-order valence-corrected chi connectivity index (χ2v) is 9.93. The molecule has 2 aromatic carbocycles. The molecule has 0 atom stereocenters. The number of hydrogen-bond acceptors (Lipinski definition) is 6. The quantitative estimate of drug-likeness (QED) is 0.402. The molecule has 2 aliphatic rings. The van der Waals surface area contributed by atoms with Gasteiger partial charge in [-0.3, -0.25) is 9.30 Å². The summed E-state index contributed by atoms with van der Waals surface area (Å²) in [6, 6.07) is 21.5. The number of aromatic nitrogens is 4. The van der Waals surface area contributed by atoms with E-state index in [0.717, 1.165) is 83.8 Å². The molecule has 1 aliphatic heterocycles. The van der Waals surface area contributed by atoms with Crippen LogP contribution in [-0.4, -0.2) is 56.5 Å². The topological polar surface area (TPSA) is 84.4 Å². The Labute approximate surface area is 210 Å². The number of hydrogen-bond donors (Lipinski definition) is 2. The molecule has 0 amide bonds. The summed E-state index contributed by atoms with van der Waals surface area (Å²) in [5.74, 6) is 2.03. The van der Waals surface area contributed by atoms with Crippen LogP contribution in [0.15, 0.2) is 73.1 Å². The van der Waals surface area contributed by atoms with Crippen molar-refractivity contribution < 1.29 is 0 Å². The maximum absolute atomic E-state index is 6.42. The summed E-state index contributed by atoms with van der Waals surface area (Å²) in [6.07, 6.45) is 6.06. The second kappa shape index (κ2) is 8.69. The molecule has 1 aliphatic carbocycles. The summed E-state index contributed by atoms with van der Waals surface area (Å²) in [5.41, 5.74) is 12.2. The number of nitrogen functional groups attached to an aromatic ring is 1. The summed E-state index contributed by atoms with van der Waals surface area (Å²) in [7, 11) is 0. The van der Waals surface area contributed by atoms with Crippen molar-refractivity contribution in [2.45, 2.75) is 24.8 Å². The lowest BCUT2D eigenvalue weighted by Gasteiger charge is -2.44. The van der Waals surface area contributed by atoms with Gasteiger partial charge in [0.25, 0.3) is 0 Å². The smallest absolute Gasteiger partial charge is 0.150 e. The molecule has 0 radical (unpaired) electrons. The van der Waals surface area contributed by atoms with Gasteiger partial charge in [0, 0.05) is 67.0 Å². The van der Waals surface area contributed by atoms with E-state index in [2.05, 4.69) is 62.1 Å². The van der Waals surface area contributed by atoms with Crippen molar-refractivity contribution in [3.05, 3.63) is 78.9 Å². The second-order valence-electron chi connectivity index (χ2n) is 9.93. The molecule has 2 fully saturated rings. The van der Waals surface area contributed by atoms with Crippen LogP contribution < -0.4 is 11.1 Å². The van der Waals surface area contributed by atoms with E-state index in [4.69, 9.17) is 15.7 Å². The van der Waals surface area contributed by atoms with Gasteiger partial charge in [-0.2, -0.15) is 0 Å². The molecule has 5 aromatic rings. The highest BCUT2D eigenvalue weighted by Crippen LogP contribution is 2.42. The van der Waals surface area contributed by atoms with E-state index in [9.17, 15) is 0 Å². The number of anilines is 1. The SMILES string of the molecule is Nc1nccn2c1c(-c1ccc3ccc(-c4ccccc4)nc3c1)nc2[C@H]1C[C@@H](N2CCNCC2)C1. The molecule has 7 rings (SSSR count). The molecule has 0 spiro atoms. The zero-order valence-corrected chi connectivity index (χ0v) is 20.1. The molecule has 4 heterocycles. The number of nitrogens with zero attached hydrogens (tertiary/aromatic N) is 5. The minimum Gasteiger partial charge on any atom is -0.382 e. The summed E-state index contributed by atoms with van der Waals surface area (Å²) >= 11 is 0. The fraction of sp³-hybridized carbons (Fsp3) is 0.276. The van der Waals surface area contributed by atoms with Crippen LogP contribution in [0.1, 0.15) is 24.6 Å². The van der Waals surface area contributed by atoms with Crippen LogP contribution in [0, 0.1) is 0 Å². The number of rotatable bonds is 4. The van der Waals surface area contributed by atoms with Crippen LogP contribution in [0.5, 0.6) is 0 Å². The van der Waals surface area contributed by atoms with Crippen LogP contribution in [0.4, 0.5) is 5.82 Å². The van der Waals surface area contributed by atoms with Crippen LogP contribution in [0.25, 0.3) is 38.9 Å². The molecule has 36 heavy (non-hydrogen) atoms. The first-order chi connectivity index (χ1) is 17.7. The Morgan fingerprint density at radius 3 is 2.53 bits per heavy atom. The average molecular weight is 476 g/mol. The molecule has 0 unspecified atom stereocenters. The molecule has 3 aromatic heterocycles. The highest BCUT2D eigenvalue weighted by Gasteiger charge is 2.37. The fourth-order valence-corrected chi connectivity index (χ4v) is 5.75. The third-order valence-electron chi connectivity index (χ3n) is 7.79. The monoisotopic (exact) mass is 475 g/mol. The van der Waals surface area contributed by atoms with E-state index in [1.165, 1.54) is 0 Å². The molecular weight excluding hydrogens is 446 g/mol. The van der Waals surface area contributed by atoms with Crippen molar-refractivity contribution in [2.75, 3.05) is 31.9 Å². The van der Waals surface area contributed by atoms with Gasteiger partial charge >= 0.3 is 0 Å². The van der Waals surface area contributed by atoms with Gasteiger partial charge in [0.2, 0.25) is 0 Å². The molecule has 7 nitrogen and oxygen atoms in total. The minimum absolute atomic E-state index is 0.427. The molecule has 180 valence electrons. The Kier molecular flexibility index (Phi) is 5.18. The van der Waals surface area contributed by atoms with Crippen molar-refractivity contribution in [2.24, 2.45) is 0 Å². The maximum atomic E-state index is 6.42. The fourth-order valence-electron chi connectivity index (χ4n) is 5.75. The van der Waals surface area contributed by atoms with Gasteiger partial charge in [-0.05, 0) is 25.0 Å². The van der Waals surface area contributed by atoms with Gasteiger partial charge in [0.05, 0.1) is 11.2 Å².